The number of rotatable bonds is 6. The summed E-state index contributed by atoms with van der Waals surface area (Å²) >= 11 is 0. The first-order valence-electron chi connectivity index (χ1n) is 8.16. The van der Waals surface area contributed by atoms with Crippen molar-refractivity contribution in [2.24, 2.45) is 0 Å². The highest BCUT2D eigenvalue weighted by Gasteiger charge is 2.07. The quantitative estimate of drug-likeness (QED) is 0.720. The third-order valence-corrected chi connectivity index (χ3v) is 3.80. The lowest BCUT2D eigenvalue weighted by molar-refractivity contribution is -0.120. The molecular weight excluding hydrogens is 316 g/mol. The smallest absolute Gasteiger partial charge is 0.251 e. The summed E-state index contributed by atoms with van der Waals surface area (Å²) in [6.45, 7) is 2.46. The summed E-state index contributed by atoms with van der Waals surface area (Å²) in [5.74, 6) is -0.477. The summed E-state index contributed by atoms with van der Waals surface area (Å²) in [4.78, 5) is 28.2. The van der Waals surface area contributed by atoms with Gasteiger partial charge in [0.15, 0.2) is 0 Å². The molecule has 0 atom stereocenters. The third kappa shape index (κ3) is 4.44. The van der Waals surface area contributed by atoms with Gasteiger partial charge in [-0.2, -0.15) is 0 Å². The number of nitrogens with zero attached hydrogens (tertiary/aromatic N) is 2. The number of nitrogens with one attached hydrogen (secondary N) is 2. The summed E-state index contributed by atoms with van der Waals surface area (Å²) in [5.41, 5.74) is 3.51. The van der Waals surface area contributed by atoms with Crippen LogP contribution in [0.25, 0.3) is 5.65 Å². The minimum absolute atomic E-state index is 0.0436. The van der Waals surface area contributed by atoms with Crippen LogP contribution in [0.15, 0.2) is 54.9 Å². The van der Waals surface area contributed by atoms with Crippen molar-refractivity contribution in [3.05, 3.63) is 71.7 Å². The Bertz CT molecular complexity index is 887. The summed E-state index contributed by atoms with van der Waals surface area (Å²) in [7, 11) is 0. The molecule has 6 nitrogen and oxygen atoms in total. The number of benzene rings is 1. The summed E-state index contributed by atoms with van der Waals surface area (Å²) in [6.07, 6.45) is 4.62. The zero-order valence-corrected chi connectivity index (χ0v) is 14.0. The lowest BCUT2D eigenvalue weighted by atomic mass is 10.2. The van der Waals surface area contributed by atoms with Gasteiger partial charge in [-0.15, -0.1) is 0 Å². The fraction of sp³-hybridized carbons (Fsp3) is 0.211. The second kappa shape index (κ2) is 7.61. The molecule has 128 valence electrons. The number of hydrogen-bond donors (Lipinski definition) is 2. The van der Waals surface area contributed by atoms with Gasteiger partial charge in [-0.05, 0) is 30.7 Å². The molecule has 2 aromatic heterocycles. The van der Waals surface area contributed by atoms with E-state index in [-0.39, 0.29) is 18.4 Å². The van der Waals surface area contributed by atoms with E-state index in [9.17, 15) is 9.59 Å². The molecule has 0 radical (unpaired) electrons. The minimum atomic E-state index is -0.258. The second-order valence-corrected chi connectivity index (χ2v) is 5.85. The van der Waals surface area contributed by atoms with Crippen LogP contribution in [0.1, 0.15) is 21.6 Å². The Labute approximate surface area is 145 Å². The Morgan fingerprint density at radius 2 is 1.84 bits per heavy atom. The molecule has 0 aliphatic rings. The Kier molecular flexibility index (Phi) is 5.09. The topological polar surface area (TPSA) is 75.5 Å². The zero-order chi connectivity index (χ0) is 17.6. The fourth-order valence-electron chi connectivity index (χ4n) is 2.52. The maximum Gasteiger partial charge on any atom is 0.251 e. The van der Waals surface area contributed by atoms with Crippen molar-refractivity contribution < 1.29 is 9.59 Å². The average molecular weight is 336 g/mol. The minimum Gasteiger partial charge on any atom is -0.354 e. The molecule has 2 heterocycles. The van der Waals surface area contributed by atoms with E-state index in [1.54, 1.807) is 24.3 Å². The predicted molar refractivity (Wildman–Crippen MR) is 95.4 cm³/mol. The number of amides is 2. The van der Waals surface area contributed by atoms with Gasteiger partial charge < -0.3 is 15.0 Å². The van der Waals surface area contributed by atoms with Crippen molar-refractivity contribution in [2.45, 2.75) is 13.3 Å². The highest BCUT2D eigenvalue weighted by atomic mass is 16.2. The number of pyridine rings is 1. The van der Waals surface area contributed by atoms with Crippen molar-refractivity contribution in [3.63, 3.8) is 0 Å². The molecule has 0 fully saturated rings. The van der Waals surface area contributed by atoms with Crippen molar-refractivity contribution in [1.82, 2.24) is 20.0 Å². The Morgan fingerprint density at radius 3 is 2.64 bits per heavy atom. The van der Waals surface area contributed by atoms with Gasteiger partial charge in [-0.3, -0.25) is 9.59 Å². The molecule has 2 N–H and O–H groups in total. The third-order valence-electron chi connectivity index (χ3n) is 3.80. The number of carbonyl (C=O) groups is 2. The van der Waals surface area contributed by atoms with Crippen LogP contribution in [-0.2, 0) is 11.2 Å². The maximum atomic E-state index is 11.9. The first kappa shape index (κ1) is 16.7. The molecule has 0 unspecified atom stereocenters. The standard InChI is InChI=1S/C19H20N4O2/c1-14-7-8-17-22-16(13-23(17)12-14)9-10-20-18(24)11-21-19(25)15-5-3-2-4-6-15/h2-8,12-13H,9-11H2,1H3,(H,20,24)(H,21,25). The summed E-state index contributed by atoms with van der Waals surface area (Å²) in [5, 5.41) is 5.40. The molecule has 2 amide bonds. The lowest BCUT2D eigenvalue weighted by Gasteiger charge is -2.06. The molecule has 0 spiro atoms. The molecule has 1 aromatic carbocycles. The van der Waals surface area contributed by atoms with E-state index >= 15 is 0 Å². The molecule has 0 saturated carbocycles. The van der Waals surface area contributed by atoms with Crippen LogP contribution in [0.5, 0.6) is 0 Å². The average Bonchev–Trinajstić information content (AvgIpc) is 3.02. The number of aryl methyl sites for hydroxylation is 1. The normalized spacial score (nSPS) is 10.6. The predicted octanol–water partition coefficient (Wildman–Crippen LogP) is 1.73. The highest BCUT2D eigenvalue weighted by molar-refractivity contribution is 5.96. The number of imidazole rings is 1. The zero-order valence-electron chi connectivity index (χ0n) is 14.0. The van der Waals surface area contributed by atoms with Gasteiger partial charge in [-0.25, -0.2) is 4.98 Å². The Balaban J connectivity index is 1.43. The molecule has 0 aliphatic heterocycles. The summed E-state index contributed by atoms with van der Waals surface area (Å²) < 4.78 is 1.98. The van der Waals surface area contributed by atoms with Gasteiger partial charge in [0.25, 0.3) is 5.91 Å². The first-order valence-corrected chi connectivity index (χ1v) is 8.16. The first-order chi connectivity index (χ1) is 12.1. The van der Waals surface area contributed by atoms with Gasteiger partial charge in [0.2, 0.25) is 5.91 Å². The Hall–Kier alpha value is -3.15. The fourth-order valence-corrected chi connectivity index (χ4v) is 2.52. The molecule has 3 aromatic rings. The molecule has 6 heteroatoms. The van der Waals surface area contributed by atoms with Crippen LogP contribution in [0.4, 0.5) is 0 Å². The van der Waals surface area contributed by atoms with Gasteiger partial charge in [-0.1, -0.05) is 24.3 Å². The van der Waals surface area contributed by atoms with Gasteiger partial charge >= 0.3 is 0 Å². The largest absolute Gasteiger partial charge is 0.354 e. The van der Waals surface area contributed by atoms with Crippen LogP contribution in [0.3, 0.4) is 0 Å². The second-order valence-electron chi connectivity index (χ2n) is 5.85. The van der Waals surface area contributed by atoms with Crippen molar-refractivity contribution in [2.75, 3.05) is 13.1 Å². The monoisotopic (exact) mass is 336 g/mol. The number of fused-ring (bicyclic) bond motifs is 1. The van der Waals surface area contributed by atoms with E-state index in [1.807, 2.05) is 41.9 Å². The lowest BCUT2D eigenvalue weighted by Crippen LogP contribution is -2.37. The molecule has 25 heavy (non-hydrogen) atoms. The molecule has 3 rings (SSSR count). The van der Waals surface area contributed by atoms with Crippen molar-refractivity contribution >= 4 is 17.5 Å². The van der Waals surface area contributed by atoms with E-state index in [1.165, 1.54) is 5.56 Å². The molecular formula is C19H20N4O2. The number of carbonyl (C=O) groups excluding carboxylic acids is 2. The van der Waals surface area contributed by atoms with E-state index < -0.39 is 0 Å². The summed E-state index contributed by atoms with van der Waals surface area (Å²) in [6, 6.07) is 12.8. The van der Waals surface area contributed by atoms with E-state index in [0.717, 1.165) is 11.3 Å². The van der Waals surface area contributed by atoms with Crippen LogP contribution in [-0.4, -0.2) is 34.3 Å². The van der Waals surface area contributed by atoms with E-state index in [0.29, 0.717) is 18.5 Å². The van der Waals surface area contributed by atoms with E-state index in [2.05, 4.69) is 15.6 Å². The molecule has 0 aliphatic carbocycles. The van der Waals surface area contributed by atoms with Gasteiger partial charge in [0.05, 0.1) is 12.2 Å². The van der Waals surface area contributed by atoms with Crippen LogP contribution < -0.4 is 10.6 Å². The van der Waals surface area contributed by atoms with Crippen LogP contribution in [0.2, 0.25) is 0 Å². The molecule has 0 bridgehead atoms. The SMILES string of the molecule is Cc1ccc2nc(CCNC(=O)CNC(=O)c3ccccc3)cn2c1. The van der Waals surface area contributed by atoms with Crippen LogP contribution in [0, 0.1) is 6.92 Å². The number of hydrogen-bond acceptors (Lipinski definition) is 3. The molecule has 0 saturated heterocycles. The van der Waals surface area contributed by atoms with Gasteiger partial charge in [0, 0.05) is 30.9 Å². The van der Waals surface area contributed by atoms with Crippen molar-refractivity contribution in [3.8, 4) is 0 Å². The number of aromatic nitrogens is 2. The maximum absolute atomic E-state index is 11.9. The highest BCUT2D eigenvalue weighted by Crippen LogP contribution is 2.07. The van der Waals surface area contributed by atoms with E-state index in [4.69, 9.17) is 0 Å². The van der Waals surface area contributed by atoms with Gasteiger partial charge in [0.1, 0.15) is 5.65 Å². The van der Waals surface area contributed by atoms with Crippen LogP contribution >= 0.6 is 0 Å². The Morgan fingerprint density at radius 1 is 1.04 bits per heavy atom. The van der Waals surface area contributed by atoms with Crippen molar-refractivity contribution in [1.29, 1.82) is 0 Å².